The highest BCUT2D eigenvalue weighted by atomic mass is 32.2. The van der Waals surface area contributed by atoms with Gasteiger partial charge >= 0.3 is 0 Å². The molecular formula is C10H14N4O3S. The molecule has 1 aliphatic rings. The minimum absolute atomic E-state index is 0.129. The lowest BCUT2D eigenvalue weighted by atomic mass is 10.1. The van der Waals surface area contributed by atoms with Crippen LogP contribution in [0.25, 0.3) is 0 Å². The number of amides is 1. The van der Waals surface area contributed by atoms with Gasteiger partial charge in [-0.3, -0.25) is 4.79 Å². The van der Waals surface area contributed by atoms with Gasteiger partial charge in [0.15, 0.2) is 0 Å². The first-order valence-corrected chi connectivity index (χ1v) is 7.09. The summed E-state index contributed by atoms with van der Waals surface area (Å²) in [6.07, 6.45) is 1.67. The second-order valence-corrected chi connectivity index (χ2v) is 6.00. The van der Waals surface area contributed by atoms with Crippen molar-refractivity contribution in [1.82, 2.24) is 4.98 Å². The van der Waals surface area contributed by atoms with Gasteiger partial charge in [0.05, 0.1) is 17.6 Å². The lowest BCUT2D eigenvalue weighted by molar-refractivity contribution is -0.117. The molecule has 98 valence electrons. The highest BCUT2D eigenvalue weighted by Crippen LogP contribution is 2.25. The molecule has 1 aromatic heterocycles. The van der Waals surface area contributed by atoms with Crippen molar-refractivity contribution < 1.29 is 13.2 Å². The van der Waals surface area contributed by atoms with Crippen LogP contribution in [0.3, 0.4) is 0 Å². The first-order valence-electron chi connectivity index (χ1n) is 5.37. The molecule has 2 heterocycles. The van der Waals surface area contributed by atoms with E-state index < -0.39 is 10.0 Å². The van der Waals surface area contributed by atoms with Crippen LogP contribution in [0.1, 0.15) is 6.42 Å². The topological polar surface area (TPSA) is 119 Å². The number of sulfonamides is 1. The van der Waals surface area contributed by atoms with Gasteiger partial charge < -0.3 is 10.6 Å². The second-order valence-electron chi connectivity index (χ2n) is 4.35. The van der Waals surface area contributed by atoms with Gasteiger partial charge in [0.25, 0.3) is 0 Å². The van der Waals surface area contributed by atoms with Crippen molar-refractivity contribution >= 4 is 27.4 Å². The molecule has 0 aromatic carbocycles. The molecule has 1 fully saturated rings. The zero-order valence-corrected chi connectivity index (χ0v) is 10.4. The second kappa shape index (κ2) is 4.54. The zero-order chi connectivity index (χ0) is 13.3. The molecule has 1 unspecified atom stereocenters. The number of hydrogen-bond acceptors (Lipinski definition) is 5. The molecule has 7 nitrogen and oxygen atoms in total. The molecule has 1 atom stereocenters. The van der Waals surface area contributed by atoms with Crippen molar-refractivity contribution in [2.45, 2.75) is 6.42 Å². The number of anilines is 2. The Kier molecular flexibility index (Phi) is 3.22. The van der Waals surface area contributed by atoms with Crippen molar-refractivity contribution in [2.24, 2.45) is 11.1 Å². The first-order chi connectivity index (χ1) is 8.35. The largest absolute Gasteiger partial charge is 0.384 e. The third kappa shape index (κ3) is 2.96. The van der Waals surface area contributed by atoms with Crippen molar-refractivity contribution in [3.8, 4) is 0 Å². The van der Waals surface area contributed by atoms with Gasteiger partial charge in [-0.05, 0) is 12.1 Å². The molecule has 2 rings (SSSR count). The Morgan fingerprint density at radius 1 is 1.44 bits per heavy atom. The summed E-state index contributed by atoms with van der Waals surface area (Å²) in [6.45, 7) is 0.334. The quantitative estimate of drug-likeness (QED) is 0.753. The van der Waals surface area contributed by atoms with Crippen LogP contribution in [0.2, 0.25) is 0 Å². The predicted molar refractivity (Wildman–Crippen MR) is 67.1 cm³/mol. The van der Waals surface area contributed by atoms with Crippen LogP contribution < -0.4 is 15.8 Å². The number of aromatic nitrogens is 1. The Morgan fingerprint density at radius 2 is 2.17 bits per heavy atom. The van der Waals surface area contributed by atoms with E-state index in [1.807, 2.05) is 0 Å². The van der Waals surface area contributed by atoms with E-state index in [-0.39, 0.29) is 24.0 Å². The van der Waals surface area contributed by atoms with E-state index in [4.69, 9.17) is 10.9 Å². The van der Waals surface area contributed by atoms with Crippen LogP contribution in [0.4, 0.5) is 11.5 Å². The number of pyridine rings is 1. The number of carbonyl (C=O) groups excluding carboxylic acids is 1. The Hall–Kier alpha value is -1.67. The van der Waals surface area contributed by atoms with Gasteiger partial charge in [0.2, 0.25) is 15.9 Å². The van der Waals surface area contributed by atoms with Gasteiger partial charge in [-0.1, -0.05) is 0 Å². The highest BCUT2D eigenvalue weighted by Gasteiger charge is 2.32. The summed E-state index contributed by atoms with van der Waals surface area (Å²) < 4.78 is 22.0. The Labute approximate surface area is 105 Å². The van der Waals surface area contributed by atoms with Crippen LogP contribution in [0, 0.1) is 5.92 Å². The number of nitrogens with zero attached hydrogens (tertiary/aromatic N) is 2. The fourth-order valence-corrected chi connectivity index (χ4v) is 2.91. The number of nitrogens with two attached hydrogens (primary N) is 2. The number of nitrogen functional groups attached to an aromatic ring is 1. The number of primary sulfonamides is 1. The van der Waals surface area contributed by atoms with Gasteiger partial charge in [0, 0.05) is 18.9 Å². The van der Waals surface area contributed by atoms with Crippen molar-refractivity contribution in [3.05, 3.63) is 18.3 Å². The molecule has 0 radical (unpaired) electrons. The lowest BCUT2D eigenvalue weighted by Crippen LogP contribution is -2.27. The van der Waals surface area contributed by atoms with Crippen LogP contribution in [-0.4, -0.2) is 31.6 Å². The number of rotatable bonds is 3. The average Bonchev–Trinajstić information content (AvgIpc) is 2.58. The molecule has 0 aliphatic carbocycles. The minimum atomic E-state index is -3.56. The van der Waals surface area contributed by atoms with E-state index >= 15 is 0 Å². The molecule has 1 aliphatic heterocycles. The molecule has 1 saturated heterocycles. The maximum Gasteiger partial charge on any atom is 0.227 e. The summed E-state index contributed by atoms with van der Waals surface area (Å²) in [5.41, 5.74) is 6.08. The molecule has 0 saturated carbocycles. The van der Waals surface area contributed by atoms with Gasteiger partial charge in [0.1, 0.15) is 5.82 Å². The number of hydrogen-bond donors (Lipinski definition) is 2. The van der Waals surface area contributed by atoms with E-state index in [2.05, 4.69) is 4.98 Å². The third-order valence-electron chi connectivity index (χ3n) is 2.76. The summed E-state index contributed by atoms with van der Waals surface area (Å²) >= 11 is 0. The van der Waals surface area contributed by atoms with Crippen LogP contribution in [0.5, 0.6) is 0 Å². The average molecular weight is 270 g/mol. The summed E-state index contributed by atoms with van der Waals surface area (Å²) in [5.74, 6) is -0.218. The maximum atomic E-state index is 11.8. The van der Waals surface area contributed by atoms with Crippen molar-refractivity contribution in [1.29, 1.82) is 0 Å². The molecule has 4 N–H and O–H groups in total. The fourth-order valence-electron chi connectivity index (χ4n) is 2.03. The molecular weight excluding hydrogens is 256 g/mol. The maximum absolute atomic E-state index is 11.8. The van der Waals surface area contributed by atoms with Crippen LogP contribution >= 0.6 is 0 Å². The summed E-state index contributed by atoms with van der Waals surface area (Å²) in [4.78, 5) is 17.2. The van der Waals surface area contributed by atoms with Gasteiger partial charge in [-0.15, -0.1) is 0 Å². The summed E-state index contributed by atoms with van der Waals surface area (Å²) in [6, 6.07) is 3.27. The number of carbonyl (C=O) groups is 1. The standard InChI is InChI=1S/C10H14N4O3S/c11-9-2-1-8(4-13-9)14-5-7(3-10(14)15)6-18(12,16)17/h1-2,4,7H,3,5-6H2,(H2,11,13)(H2,12,16,17). The zero-order valence-electron chi connectivity index (χ0n) is 9.61. The summed E-state index contributed by atoms with van der Waals surface area (Å²) in [5, 5.41) is 4.98. The van der Waals surface area contributed by atoms with Crippen LogP contribution in [-0.2, 0) is 14.8 Å². The Balaban J connectivity index is 2.12. The molecule has 18 heavy (non-hydrogen) atoms. The van der Waals surface area contributed by atoms with Gasteiger partial charge in [-0.25, -0.2) is 18.5 Å². The third-order valence-corrected chi connectivity index (χ3v) is 3.69. The minimum Gasteiger partial charge on any atom is -0.384 e. The Bertz CT molecular complexity index is 555. The predicted octanol–water partition coefficient (Wildman–Crippen LogP) is -0.695. The molecule has 0 spiro atoms. The van der Waals surface area contributed by atoms with Crippen molar-refractivity contribution in [2.75, 3.05) is 22.9 Å². The summed E-state index contributed by atoms with van der Waals surface area (Å²) in [7, 11) is -3.56. The van der Waals surface area contributed by atoms with E-state index in [1.165, 1.54) is 11.1 Å². The SMILES string of the molecule is Nc1ccc(N2CC(CS(N)(=O)=O)CC2=O)cn1. The molecule has 1 amide bonds. The van der Waals surface area contributed by atoms with E-state index in [1.54, 1.807) is 12.1 Å². The monoisotopic (exact) mass is 270 g/mol. The van der Waals surface area contributed by atoms with Crippen LogP contribution in [0.15, 0.2) is 18.3 Å². The highest BCUT2D eigenvalue weighted by molar-refractivity contribution is 7.89. The normalized spacial score (nSPS) is 20.4. The Morgan fingerprint density at radius 3 is 2.72 bits per heavy atom. The van der Waals surface area contributed by atoms with E-state index in [9.17, 15) is 13.2 Å². The lowest BCUT2D eigenvalue weighted by Gasteiger charge is -2.16. The van der Waals surface area contributed by atoms with Gasteiger partial charge in [-0.2, -0.15) is 0 Å². The molecule has 1 aromatic rings. The molecule has 0 bridgehead atoms. The van der Waals surface area contributed by atoms with E-state index in [0.717, 1.165) is 0 Å². The smallest absolute Gasteiger partial charge is 0.227 e. The first kappa shape index (κ1) is 12.8. The molecule has 8 heteroatoms. The van der Waals surface area contributed by atoms with E-state index in [0.29, 0.717) is 18.1 Å². The van der Waals surface area contributed by atoms with Crippen molar-refractivity contribution in [3.63, 3.8) is 0 Å². The fraction of sp³-hybridized carbons (Fsp3) is 0.400.